The van der Waals surface area contributed by atoms with Crippen molar-refractivity contribution in [2.24, 2.45) is 0 Å². The van der Waals surface area contributed by atoms with Gasteiger partial charge in [0.05, 0.1) is 17.3 Å². The number of fused-ring (bicyclic) bond motifs is 1. The molecule has 0 bridgehead atoms. The predicted molar refractivity (Wildman–Crippen MR) is 165 cm³/mol. The fourth-order valence-electron chi connectivity index (χ4n) is 6.40. The van der Waals surface area contributed by atoms with Crippen molar-refractivity contribution in [3.63, 3.8) is 0 Å². The Bertz CT molecular complexity index is 1780. The van der Waals surface area contributed by atoms with Crippen LogP contribution in [0.25, 0.3) is 27.8 Å². The van der Waals surface area contributed by atoms with Gasteiger partial charge in [-0.1, -0.05) is 36.4 Å². The molecular formula is C33H38FN5O4. The highest BCUT2D eigenvalue weighted by atomic mass is 19.1. The summed E-state index contributed by atoms with van der Waals surface area (Å²) in [5, 5.41) is 9.89. The van der Waals surface area contributed by atoms with Crippen molar-refractivity contribution in [3.05, 3.63) is 93.0 Å². The number of pyridine rings is 1. The summed E-state index contributed by atoms with van der Waals surface area (Å²) in [6.45, 7) is 6.29. The molecule has 1 saturated carbocycles. The highest BCUT2D eigenvalue weighted by Gasteiger charge is 2.37. The van der Waals surface area contributed by atoms with E-state index in [1.54, 1.807) is 6.07 Å². The molecule has 0 unspecified atom stereocenters. The third-order valence-corrected chi connectivity index (χ3v) is 8.14. The van der Waals surface area contributed by atoms with E-state index in [4.69, 9.17) is 0 Å². The van der Waals surface area contributed by atoms with E-state index in [1.807, 2.05) is 71.3 Å². The van der Waals surface area contributed by atoms with Crippen LogP contribution in [0.5, 0.6) is 0 Å². The van der Waals surface area contributed by atoms with Crippen LogP contribution in [0.15, 0.2) is 70.4 Å². The number of nitrogens with zero attached hydrogens (tertiary/aromatic N) is 5. The predicted octanol–water partition coefficient (Wildman–Crippen LogP) is 5.68. The SMILES string of the molecule is CN(C)Cc1ccccc1-c1cccc(-n2c(=O)n([C@H]3CC[C@@H](N(C(=O)O)C(C)(C)C)CC3)c(=O)c3cc(F)cnc32)c1. The molecule has 1 N–H and O–H groups in total. The Morgan fingerprint density at radius 3 is 2.37 bits per heavy atom. The minimum atomic E-state index is -0.991. The van der Waals surface area contributed by atoms with E-state index in [1.165, 1.54) is 14.0 Å². The monoisotopic (exact) mass is 587 g/mol. The zero-order chi connectivity index (χ0) is 31.1. The molecule has 1 fully saturated rings. The first kappa shape index (κ1) is 30.2. The van der Waals surface area contributed by atoms with E-state index < -0.39 is 34.7 Å². The normalized spacial score (nSPS) is 17.4. The van der Waals surface area contributed by atoms with Gasteiger partial charge in [0, 0.05) is 24.2 Å². The van der Waals surface area contributed by atoms with Gasteiger partial charge < -0.3 is 14.9 Å². The second kappa shape index (κ2) is 11.8. The minimum absolute atomic E-state index is 0.0157. The van der Waals surface area contributed by atoms with E-state index in [2.05, 4.69) is 16.0 Å². The Balaban J connectivity index is 1.61. The standard InChI is InChI=1S/C33H38FN5O4/c1-33(2,3)39(32(42)43)25-15-13-24(14-16-25)38-30(40)28-18-23(34)19-35-29(28)37(31(38)41)26-11-8-10-21(17-26)27-12-7-6-9-22(27)20-36(4)5/h6-12,17-19,24-25H,13-16,20H2,1-5H3,(H,42,43)/t24-,25+. The molecule has 43 heavy (non-hydrogen) atoms. The Morgan fingerprint density at radius 2 is 1.72 bits per heavy atom. The number of hydrogen-bond acceptors (Lipinski definition) is 5. The topological polar surface area (TPSA) is 101 Å². The zero-order valence-corrected chi connectivity index (χ0v) is 25.2. The Morgan fingerprint density at radius 1 is 1.02 bits per heavy atom. The first-order valence-electron chi connectivity index (χ1n) is 14.6. The van der Waals surface area contributed by atoms with Crippen LogP contribution in [0.4, 0.5) is 9.18 Å². The summed E-state index contributed by atoms with van der Waals surface area (Å²) in [5.74, 6) is -0.668. The maximum Gasteiger partial charge on any atom is 0.407 e. The molecule has 0 atom stereocenters. The Labute approximate surface area is 249 Å². The molecule has 2 heterocycles. The molecule has 1 amide bonds. The lowest BCUT2D eigenvalue weighted by Gasteiger charge is -2.42. The Hall–Kier alpha value is -4.31. The van der Waals surface area contributed by atoms with Crippen LogP contribution in [0.3, 0.4) is 0 Å². The molecule has 2 aromatic heterocycles. The average molecular weight is 588 g/mol. The molecule has 226 valence electrons. The van der Waals surface area contributed by atoms with E-state index in [-0.39, 0.29) is 17.1 Å². The van der Waals surface area contributed by atoms with Gasteiger partial charge in [-0.15, -0.1) is 0 Å². The third kappa shape index (κ3) is 5.97. The molecule has 1 aliphatic rings. The number of rotatable bonds is 6. The highest BCUT2D eigenvalue weighted by Crippen LogP contribution is 2.33. The van der Waals surface area contributed by atoms with E-state index in [9.17, 15) is 23.9 Å². The lowest BCUT2D eigenvalue weighted by molar-refractivity contribution is 0.0506. The van der Waals surface area contributed by atoms with Gasteiger partial charge in [-0.05, 0) is 95.4 Å². The molecule has 9 nitrogen and oxygen atoms in total. The van der Waals surface area contributed by atoms with Crippen LogP contribution in [0.2, 0.25) is 0 Å². The van der Waals surface area contributed by atoms with Crippen molar-refractivity contribution in [1.82, 2.24) is 23.9 Å². The fourth-order valence-corrected chi connectivity index (χ4v) is 6.40. The maximum absolute atomic E-state index is 14.4. The maximum atomic E-state index is 14.4. The van der Waals surface area contributed by atoms with Crippen molar-refractivity contribution in [2.75, 3.05) is 14.1 Å². The van der Waals surface area contributed by atoms with E-state index >= 15 is 0 Å². The summed E-state index contributed by atoms with van der Waals surface area (Å²) in [6.07, 6.45) is 1.89. The number of aromatic nitrogens is 3. The van der Waals surface area contributed by atoms with E-state index in [0.29, 0.717) is 31.4 Å². The molecule has 1 aliphatic carbocycles. The number of carboxylic acid groups (broad SMARTS) is 1. The van der Waals surface area contributed by atoms with Crippen molar-refractivity contribution < 1.29 is 14.3 Å². The van der Waals surface area contributed by atoms with Crippen molar-refractivity contribution >= 4 is 17.1 Å². The smallest absolute Gasteiger partial charge is 0.407 e. The quantitative estimate of drug-likeness (QED) is 0.312. The largest absolute Gasteiger partial charge is 0.465 e. The minimum Gasteiger partial charge on any atom is -0.465 e. The van der Waals surface area contributed by atoms with Gasteiger partial charge in [0.2, 0.25) is 0 Å². The number of halogens is 1. The van der Waals surface area contributed by atoms with Gasteiger partial charge >= 0.3 is 11.8 Å². The molecule has 0 aliphatic heterocycles. The first-order valence-corrected chi connectivity index (χ1v) is 14.6. The molecule has 0 spiro atoms. The van der Waals surface area contributed by atoms with Crippen LogP contribution in [-0.2, 0) is 6.54 Å². The highest BCUT2D eigenvalue weighted by molar-refractivity contribution is 5.77. The van der Waals surface area contributed by atoms with Crippen molar-refractivity contribution in [1.29, 1.82) is 0 Å². The van der Waals surface area contributed by atoms with Gasteiger partial charge in [-0.2, -0.15) is 0 Å². The summed E-state index contributed by atoms with van der Waals surface area (Å²) >= 11 is 0. The summed E-state index contributed by atoms with van der Waals surface area (Å²) in [4.78, 5) is 47.8. The number of hydrogen-bond donors (Lipinski definition) is 1. The van der Waals surface area contributed by atoms with Gasteiger partial charge in [0.25, 0.3) is 5.56 Å². The molecule has 10 heteroatoms. The molecule has 0 radical (unpaired) electrons. The van der Waals surface area contributed by atoms with Crippen LogP contribution < -0.4 is 11.2 Å². The average Bonchev–Trinajstić information content (AvgIpc) is 2.94. The number of carbonyl (C=O) groups is 1. The first-order chi connectivity index (χ1) is 20.4. The Kier molecular flexibility index (Phi) is 8.25. The molecule has 2 aromatic carbocycles. The molecule has 4 aromatic rings. The summed E-state index contributed by atoms with van der Waals surface area (Å²) in [7, 11) is 4.01. The molecule has 5 rings (SSSR count). The van der Waals surface area contributed by atoms with Crippen LogP contribution in [-0.4, -0.2) is 60.8 Å². The third-order valence-electron chi connectivity index (χ3n) is 8.14. The van der Waals surface area contributed by atoms with Crippen LogP contribution >= 0.6 is 0 Å². The number of amides is 1. The second-order valence-electron chi connectivity index (χ2n) is 12.5. The summed E-state index contributed by atoms with van der Waals surface area (Å²) in [6, 6.07) is 16.0. The summed E-state index contributed by atoms with van der Waals surface area (Å²) < 4.78 is 17.0. The lowest BCUT2D eigenvalue weighted by Crippen LogP contribution is -2.53. The van der Waals surface area contributed by atoms with E-state index in [0.717, 1.165) is 35.5 Å². The lowest BCUT2D eigenvalue weighted by atomic mass is 9.88. The van der Waals surface area contributed by atoms with Crippen molar-refractivity contribution in [3.8, 4) is 16.8 Å². The molecule has 0 saturated heterocycles. The van der Waals surface area contributed by atoms with Gasteiger partial charge in [-0.3, -0.25) is 9.36 Å². The second-order valence-corrected chi connectivity index (χ2v) is 12.5. The fraction of sp³-hybridized carbons (Fsp3) is 0.394. The summed E-state index contributed by atoms with van der Waals surface area (Å²) in [5.41, 5.74) is 1.90. The number of benzene rings is 2. The zero-order valence-electron chi connectivity index (χ0n) is 25.2. The molecular weight excluding hydrogens is 549 g/mol. The van der Waals surface area contributed by atoms with Gasteiger partial charge in [-0.25, -0.2) is 23.5 Å². The van der Waals surface area contributed by atoms with Gasteiger partial charge in [0.1, 0.15) is 5.82 Å². The van der Waals surface area contributed by atoms with Crippen molar-refractivity contribution in [2.45, 2.75) is 70.6 Å². The van der Waals surface area contributed by atoms with Crippen LogP contribution in [0, 0.1) is 5.82 Å². The van der Waals surface area contributed by atoms with Crippen LogP contribution in [0.1, 0.15) is 58.1 Å². The van der Waals surface area contributed by atoms with Gasteiger partial charge in [0.15, 0.2) is 5.65 Å².